The summed E-state index contributed by atoms with van der Waals surface area (Å²) in [7, 11) is 0. The number of aromatic nitrogens is 3. The van der Waals surface area contributed by atoms with Crippen LogP contribution >= 0.6 is 0 Å². The summed E-state index contributed by atoms with van der Waals surface area (Å²) < 4.78 is 7.08. The summed E-state index contributed by atoms with van der Waals surface area (Å²) in [6.45, 7) is 5.19. The standard InChI is InChI=1S/C24H19N3O2/c1-17(2)23(28)29-20-11-9-18(10-12-20)7-8-19-13-15-27(16-14-19)24-25-21-5-3-4-6-22(21)26-24/h3-16H,1H2,2H3/b8-7+. The Morgan fingerprint density at radius 2 is 1.66 bits per heavy atom. The Morgan fingerprint density at radius 1 is 1.00 bits per heavy atom. The number of imidazole rings is 1. The van der Waals surface area contributed by atoms with Crippen LogP contribution in [0, 0.1) is 0 Å². The highest BCUT2D eigenvalue weighted by atomic mass is 16.5. The number of ether oxygens (including phenoxy) is 1. The predicted molar refractivity (Wildman–Crippen MR) is 112 cm³/mol. The number of hydrogen-bond acceptors (Lipinski definition) is 3. The van der Waals surface area contributed by atoms with Gasteiger partial charge in [0.05, 0.1) is 11.0 Å². The number of para-hydroxylation sites is 2. The van der Waals surface area contributed by atoms with Gasteiger partial charge in [0, 0.05) is 18.0 Å². The molecule has 0 aliphatic carbocycles. The number of nitrogens with zero attached hydrogens (tertiary/aromatic N) is 3. The van der Waals surface area contributed by atoms with E-state index in [0.29, 0.717) is 17.3 Å². The third kappa shape index (κ3) is 4.30. The van der Waals surface area contributed by atoms with E-state index in [1.807, 2.05) is 77.6 Å². The second-order valence-corrected chi connectivity index (χ2v) is 6.62. The Hall–Kier alpha value is -3.99. The van der Waals surface area contributed by atoms with Crippen molar-refractivity contribution < 1.29 is 14.1 Å². The highest BCUT2D eigenvalue weighted by Gasteiger charge is 2.05. The van der Waals surface area contributed by atoms with Crippen LogP contribution in [0.2, 0.25) is 0 Å². The van der Waals surface area contributed by atoms with Crippen LogP contribution in [0.15, 0.2) is 85.2 Å². The molecule has 2 heterocycles. The van der Waals surface area contributed by atoms with Crippen LogP contribution in [-0.2, 0) is 4.79 Å². The Bertz CT molecular complexity index is 1170. The van der Waals surface area contributed by atoms with E-state index in [-0.39, 0.29) is 0 Å². The molecule has 5 heteroatoms. The average molecular weight is 381 g/mol. The monoisotopic (exact) mass is 381 g/mol. The molecule has 2 aromatic carbocycles. The fourth-order valence-corrected chi connectivity index (χ4v) is 2.73. The van der Waals surface area contributed by atoms with Crippen LogP contribution in [0.4, 0.5) is 0 Å². The lowest BCUT2D eigenvalue weighted by molar-refractivity contribution is -0.603. The van der Waals surface area contributed by atoms with E-state index in [1.54, 1.807) is 19.1 Å². The molecule has 0 fully saturated rings. The number of fused-ring (bicyclic) bond motifs is 1. The number of rotatable bonds is 5. The van der Waals surface area contributed by atoms with Gasteiger partial charge in [-0.05, 0) is 54.4 Å². The molecule has 0 aliphatic heterocycles. The molecular formula is C24H19N3O2. The van der Waals surface area contributed by atoms with Gasteiger partial charge in [-0.1, -0.05) is 43.0 Å². The third-order valence-electron chi connectivity index (χ3n) is 4.32. The molecule has 0 N–H and O–H groups in total. The van der Waals surface area contributed by atoms with Crippen molar-refractivity contribution in [3.05, 3.63) is 96.3 Å². The largest absolute Gasteiger partial charge is 0.423 e. The Balaban J connectivity index is 1.45. The first-order valence-corrected chi connectivity index (χ1v) is 9.15. The molecule has 5 nitrogen and oxygen atoms in total. The quantitative estimate of drug-likeness (QED) is 0.226. The van der Waals surface area contributed by atoms with Crippen molar-refractivity contribution in [3.8, 4) is 11.7 Å². The smallest absolute Gasteiger partial charge is 0.338 e. The van der Waals surface area contributed by atoms with Gasteiger partial charge in [-0.2, -0.15) is 0 Å². The summed E-state index contributed by atoms with van der Waals surface area (Å²) in [6.07, 6.45) is 7.89. The molecule has 29 heavy (non-hydrogen) atoms. The predicted octanol–water partition coefficient (Wildman–Crippen LogP) is 4.12. The normalized spacial score (nSPS) is 11.1. The van der Waals surface area contributed by atoms with Gasteiger partial charge in [0.2, 0.25) is 5.95 Å². The third-order valence-corrected chi connectivity index (χ3v) is 4.32. The number of benzene rings is 2. The summed E-state index contributed by atoms with van der Waals surface area (Å²) in [6, 6.07) is 19.1. The molecule has 0 aliphatic rings. The molecular weight excluding hydrogens is 362 g/mol. The van der Waals surface area contributed by atoms with E-state index in [2.05, 4.69) is 16.5 Å². The van der Waals surface area contributed by atoms with Crippen LogP contribution in [0.5, 0.6) is 5.75 Å². The molecule has 0 atom stereocenters. The van der Waals surface area contributed by atoms with Crippen molar-refractivity contribution in [2.24, 2.45) is 0 Å². The van der Waals surface area contributed by atoms with Crippen molar-refractivity contribution in [1.29, 1.82) is 0 Å². The van der Waals surface area contributed by atoms with E-state index < -0.39 is 5.97 Å². The first-order chi connectivity index (χ1) is 14.1. The molecule has 4 aromatic rings. The second-order valence-electron chi connectivity index (χ2n) is 6.62. The summed E-state index contributed by atoms with van der Waals surface area (Å²) in [5.74, 6) is 0.729. The molecule has 0 saturated carbocycles. The van der Waals surface area contributed by atoms with Crippen LogP contribution in [-0.4, -0.2) is 11.0 Å². The second kappa shape index (κ2) is 7.94. The first kappa shape index (κ1) is 18.4. The number of carbonyl (C=O) groups is 1. The van der Waals surface area contributed by atoms with Gasteiger partial charge in [-0.3, -0.25) is 4.57 Å². The van der Waals surface area contributed by atoms with Crippen LogP contribution < -0.4 is 14.3 Å². The molecule has 0 radical (unpaired) electrons. The molecule has 0 unspecified atom stereocenters. The number of carbonyl (C=O) groups excluding carboxylic acids is 1. The molecule has 2 aromatic heterocycles. The van der Waals surface area contributed by atoms with E-state index in [9.17, 15) is 4.79 Å². The van der Waals surface area contributed by atoms with Gasteiger partial charge in [-0.15, -0.1) is 0 Å². The molecule has 142 valence electrons. The van der Waals surface area contributed by atoms with Crippen LogP contribution in [0.1, 0.15) is 18.1 Å². The molecule has 4 rings (SSSR count). The summed E-state index contributed by atoms with van der Waals surface area (Å²) >= 11 is 0. The molecule has 0 bridgehead atoms. The van der Waals surface area contributed by atoms with Gasteiger partial charge in [0.1, 0.15) is 5.75 Å². The fourth-order valence-electron chi connectivity index (χ4n) is 2.73. The number of esters is 1. The molecule has 0 spiro atoms. The zero-order valence-electron chi connectivity index (χ0n) is 15.9. The number of pyridine rings is 1. The summed E-state index contributed by atoms with van der Waals surface area (Å²) in [4.78, 5) is 20.6. The lowest BCUT2D eigenvalue weighted by Gasteiger charge is -2.04. The maximum atomic E-state index is 11.5. The lowest BCUT2D eigenvalue weighted by atomic mass is 10.1. The minimum atomic E-state index is -0.424. The highest BCUT2D eigenvalue weighted by Crippen LogP contribution is 2.15. The van der Waals surface area contributed by atoms with Crippen molar-refractivity contribution in [2.75, 3.05) is 0 Å². The number of hydrogen-bond donors (Lipinski definition) is 0. The zero-order valence-corrected chi connectivity index (χ0v) is 15.9. The Kier molecular flexibility index (Phi) is 5.03. The van der Waals surface area contributed by atoms with Gasteiger partial charge < -0.3 is 4.74 Å². The fraction of sp³-hybridized carbons (Fsp3) is 0.0417. The van der Waals surface area contributed by atoms with Crippen molar-refractivity contribution >= 4 is 29.2 Å². The maximum absolute atomic E-state index is 11.5. The lowest BCUT2D eigenvalue weighted by Crippen LogP contribution is -2.31. The van der Waals surface area contributed by atoms with Gasteiger partial charge >= 0.3 is 5.97 Å². The zero-order chi connectivity index (χ0) is 20.2. The molecule has 0 saturated heterocycles. The SMILES string of the molecule is C=C(C)C(=O)Oc1ccc(/C=C/c2cc[n+](-c3nc4ccccc4[n-]3)cc2)cc1. The average Bonchev–Trinajstić information content (AvgIpc) is 3.18. The Morgan fingerprint density at radius 3 is 2.31 bits per heavy atom. The molecule has 0 amide bonds. The van der Waals surface area contributed by atoms with Gasteiger partial charge in [0.25, 0.3) is 0 Å². The minimum Gasteiger partial charge on any atom is -0.423 e. The van der Waals surface area contributed by atoms with E-state index in [4.69, 9.17) is 4.74 Å². The summed E-state index contributed by atoms with van der Waals surface area (Å²) in [5.41, 5.74) is 4.20. The highest BCUT2D eigenvalue weighted by molar-refractivity contribution is 5.88. The van der Waals surface area contributed by atoms with E-state index >= 15 is 0 Å². The van der Waals surface area contributed by atoms with Crippen molar-refractivity contribution in [2.45, 2.75) is 6.92 Å². The summed E-state index contributed by atoms with van der Waals surface area (Å²) in [5, 5.41) is 0. The van der Waals surface area contributed by atoms with Crippen LogP contribution in [0.25, 0.3) is 29.1 Å². The first-order valence-electron chi connectivity index (χ1n) is 9.15. The van der Waals surface area contributed by atoms with Crippen molar-refractivity contribution in [1.82, 2.24) is 9.97 Å². The van der Waals surface area contributed by atoms with Gasteiger partial charge in [0.15, 0.2) is 0 Å². The van der Waals surface area contributed by atoms with E-state index in [0.717, 1.165) is 22.2 Å². The minimum absolute atomic E-state index is 0.371. The Labute approximate surface area is 168 Å². The van der Waals surface area contributed by atoms with Gasteiger partial charge in [-0.25, -0.2) is 14.8 Å². The van der Waals surface area contributed by atoms with E-state index in [1.165, 1.54) is 0 Å². The maximum Gasteiger partial charge on any atom is 0.338 e. The van der Waals surface area contributed by atoms with Crippen LogP contribution in [0.3, 0.4) is 0 Å². The topological polar surface area (TPSA) is 57.2 Å². The van der Waals surface area contributed by atoms with Crippen molar-refractivity contribution in [3.63, 3.8) is 0 Å².